The standard InChI is InChI=1S/C16H20O2/c1-2-18-16(17)15-11-7-10-14(12-15)13-8-5-3-4-6-9-13/h5,7-8,10-13H,2-4,6,9H2,1H3/t13-/m1/s1. The molecule has 0 heterocycles. The van der Waals surface area contributed by atoms with Crippen molar-refractivity contribution < 1.29 is 9.53 Å². The van der Waals surface area contributed by atoms with Crippen LogP contribution in [0.1, 0.15) is 54.4 Å². The second kappa shape index (κ2) is 6.39. The average molecular weight is 244 g/mol. The van der Waals surface area contributed by atoms with Crippen LogP contribution in [0.3, 0.4) is 0 Å². The van der Waals surface area contributed by atoms with Crippen LogP contribution in [0, 0.1) is 0 Å². The molecule has 2 heteroatoms. The molecule has 18 heavy (non-hydrogen) atoms. The first-order chi connectivity index (χ1) is 8.81. The van der Waals surface area contributed by atoms with Crippen LogP contribution in [0.5, 0.6) is 0 Å². The molecule has 0 spiro atoms. The van der Waals surface area contributed by atoms with Crippen molar-refractivity contribution in [1.82, 2.24) is 0 Å². The van der Waals surface area contributed by atoms with Crippen LogP contribution in [0.15, 0.2) is 36.4 Å². The predicted octanol–water partition coefficient (Wildman–Crippen LogP) is 4.08. The van der Waals surface area contributed by atoms with Crippen LogP contribution in [-0.4, -0.2) is 12.6 Å². The molecular formula is C16H20O2. The first kappa shape index (κ1) is 12.9. The molecule has 1 aromatic rings. The Labute approximate surface area is 109 Å². The van der Waals surface area contributed by atoms with E-state index in [1.165, 1.54) is 31.2 Å². The Morgan fingerprint density at radius 3 is 3.11 bits per heavy atom. The number of hydrogen-bond donors (Lipinski definition) is 0. The van der Waals surface area contributed by atoms with E-state index in [0.29, 0.717) is 18.1 Å². The Morgan fingerprint density at radius 1 is 1.39 bits per heavy atom. The maximum Gasteiger partial charge on any atom is 0.338 e. The summed E-state index contributed by atoms with van der Waals surface area (Å²) < 4.78 is 5.04. The van der Waals surface area contributed by atoms with E-state index in [4.69, 9.17) is 4.74 Å². The third-order valence-corrected chi connectivity index (χ3v) is 3.33. The normalized spacial score (nSPS) is 19.3. The zero-order valence-corrected chi connectivity index (χ0v) is 10.9. The zero-order chi connectivity index (χ0) is 12.8. The molecule has 0 saturated heterocycles. The minimum absolute atomic E-state index is 0.225. The van der Waals surface area contributed by atoms with Gasteiger partial charge in [0.05, 0.1) is 12.2 Å². The van der Waals surface area contributed by atoms with E-state index in [9.17, 15) is 4.79 Å². The van der Waals surface area contributed by atoms with Crippen molar-refractivity contribution in [3.63, 3.8) is 0 Å². The fourth-order valence-corrected chi connectivity index (χ4v) is 2.37. The Bertz CT molecular complexity index is 434. The summed E-state index contributed by atoms with van der Waals surface area (Å²) >= 11 is 0. The summed E-state index contributed by atoms with van der Waals surface area (Å²) in [5, 5.41) is 0. The summed E-state index contributed by atoms with van der Waals surface area (Å²) in [5.74, 6) is 0.221. The number of allylic oxidation sites excluding steroid dienone is 2. The van der Waals surface area contributed by atoms with Gasteiger partial charge in [0.15, 0.2) is 0 Å². The van der Waals surface area contributed by atoms with E-state index in [2.05, 4.69) is 18.2 Å². The van der Waals surface area contributed by atoms with Crippen molar-refractivity contribution in [2.75, 3.05) is 6.61 Å². The molecule has 1 aromatic carbocycles. The predicted molar refractivity (Wildman–Crippen MR) is 72.7 cm³/mol. The van der Waals surface area contributed by atoms with Gasteiger partial charge in [0.25, 0.3) is 0 Å². The van der Waals surface area contributed by atoms with Gasteiger partial charge in [0.1, 0.15) is 0 Å². The van der Waals surface area contributed by atoms with E-state index in [1.54, 1.807) is 0 Å². The van der Waals surface area contributed by atoms with Crippen LogP contribution in [-0.2, 0) is 4.74 Å². The second-order valence-electron chi connectivity index (χ2n) is 4.67. The molecule has 0 amide bonds. The van der Waals surface area contributed by atoms with Crippen molar-refractivity contribution in [2.24, 2.45) is 0 Å². The number of rotatable bonds is 3. The lowest BCUT2D eigenvalue weighted by Gasteiger charge is -2.12. The first-order valence-electron chi connectivity index (χ1n) is 6.75. The maximum atomic E-state index is 11.7. The zero-order valence-electron chi connectivity index (χ0n) is 10.9. The van der Waals surface area contributed by atoms with E-state index in [-0.39, 0.29) is 5.97 Å². The molecule has 2 rings (SSSR count). The van der Waals surface area contributed by atoms with Crippen LogP contribution in [0.25, 0.3) is 0 Å². The fraction of sp³-hybridized carbons (Fsp3) is 0.438. The third kappa shape index (κ3) is 3.22. The van der Waals surface area contributed by atoms with E-state index in [1.807, 2.05) is 25.1 Å². The summed E-state index contributed by atoms with van der Waals surface area (Å²) in [5.41, 5.74) is 1.88. The molecule has 0 aromatic heterocycles. The Balaban J connectivity index is 2.18. The Morgan fingerprint density at radius 2 is 2.28 bits per heavy atom. The number of ether oxygens (including phenoxy) is 1. The maximum absolute atomic E-state index is 11.7. The van der Waals surface area contributed by atoms with Crippen LogP contribution >= 0.6 is 0 Å². The van der Waals surface area contributed by atoms with E-state index >= 15 is 0 Å². The summed E-state index contributed by atoms with van der Waals surface area (Å²) in [7, 11) is 0. The summed E-state index contributed by atoms with van der Waals surface area (Å²) in [6.07, 6.45) is 9.40. The van der Waals surface area contributed by atoms with Crippen LogP contribution in [0.4, 0.5) is 0 Å². The monoisotopic (exact) mass is 244 g/mol. The van der Waals surface area contributed by atoms with E-state index in [0.717, 1.165) is 0 Å². The molecule has 0 N–H and O–H groups in total. The third-order valence-electron chi connectivity index (χ3n) is 3.33. The van der Waals surface area contributed by atoms with Gasteiger partial charge in [-0.1, -0.05) is 30.7 Å². The van der Waals surface area contributed by atoms with Gasteiger partial charge in [-0.15, -0.1) is 0 Å². The number of benzene rings is 1. The highest BCUT2D eigenvalue weighted by Crippen LogP contribution is 2.27. The van der Waals surface area contributed by atoms with Crippen LogP contribution < -0.4 is 0 Å². The van der Waals surface area contributed by atoms with Gasteiger partial charge < -0.3 is 4.74 Å². The summed E-state index contributed by atoms with van der Waals surface area (Å²) in [6.45, 7) is 2.25. The highest BCUT2D eigenvalue weighted by atomic mass is 16.5. The van der Waals surface area contributed by atoms with Crippen molar-refractivity contribution in [3.05, 3.63) is 47.5 Å². The lowest BCUT2D eigenvalue weighted by molar-refractivity contribution is 0.0526. The van der Waals surface area contributed by atoms with Crippen molar-refractivity contribution in [3.8, 4) is 0 Å². The van der Waals surface area contributed by atoms with Crippen molar-refractivity contribution in [1.29, 1.82) is 0 Å². The molecule has 2 nitrogen and oxygen atoms in total. The second-order valence-corrected chi connectivity index (χ2v) is 4.67. The SMILES string of the molecule is CCOC(=O)c1cccc([C@@H]2C=CCCCC2)c1. The molecule has 1 aliphatic rings. The molecule has 0 unspecified atom stereocenters. The van der Waals surface area contributed by atoms with Gasteiger partial charge in [0, 0.05) is 5.92 Å². The minimum Gasteiger partial charge on any atom is -0.462 e. The molecule has 96 valence electrons. The Kier molecular flexibility index (Phi) is 4.57. The van der Waals surface area contributed by atoms with Gasteiger partial charge >= 0.3 is 5.97 Å². The average Bonchev–Trinajstić information content (AvgIpc) is 2.68. The fourth-order valence-electron chi connectivity index (χ4n) is 2.37. The Hall–Kier alpha value is -1.57. The van der Waals surface area contributed by atoms with Gasteiger partial charge in [-0.2, -0.15) is 0 Å². The van der Waals surface area contributed by atoms with E-state index < -0.39 is 0 Å². The number of carbonyl (C=O) groups is 1. The summed E-state index contributed by atoms with van der Waals surface area (Å²) in [6, 6.07) is 7.84. The highest BCUT2D eigenvalue weighted by Gasteiger charge is 2.13. The highest BCUT2D eigenvalue weighted by molar-refractivity contribution is 5.89. The molecule has 0 saturated carbocycles. The molecule has 0 bridgehead atoms. The largest absolute Gasteiger partial charge is 0.462 e. The molecule has 0 radical (unpaired) electrons. The smallest absolute Gasteiger partial charge is 0.338 e. The molecular weight excluding hydrogens is 224 g/mol. The molecule has 1 atom stereocenters. The molecule has 0 fully saturated rings. The minimum atomic E-state index is -0.225. The summed E-state index contributed by atoms with van der Waals surface area (Å²) in [4.78, 5) is 11.7. The van der Waals surface area contributed by atoms with Crippen molar-refractivity contribution in [2.45, 2.75) is 38.5 Å². The lowest BCUT2D eigenvalue weighted by atomic mass is 9.93. The first-order valence-corrected chi connectivity index (χ1v) is 6.75. The van der Waals surface area contributed by atoms with Gasteiger partial charge in [0.2, 0.25) is 0 Å². The molecule has 1 aliphatic carbocycles. The number of esters is 1. The van der Waals surface area contributed by atoms with Gasteiger partial charge in [-0.05, 0) is 43.9 Å². The molecule has 0 aliphatic heterocycles. The van der Waals surface area contributed by atoms with Crippen molar-refractivity contribution >= 4 is 5.97 Å². The van der Waals surface area contributed by atoms with Crippen LogP contribution in [0.2, 0.25) is 0 Å². The van der Waals surface area contributed by atoms with Gasteiger partial charge in [-0.3, -0.25) is 0 Å². The quantitative estimate of drug-likeness (QED) is 0.591. The lowest BCUT2D eigenvalue weighted by Crippen LogP contribution is -2.05. The topological polar surface area (TPSA) is 26.3 Å². The van der Waals surface area contributed by atoms with Gasteiger partial charge in [-0.25, -0.2) is 4.79 Å². The number of hydrogen-bond acceptors (Lipinski definition) is 2. The number of carbonyl (C=O) groups excluding carboxylic acids is 1.